The van der Waals surface area contributed by atoms with Crippen LogP contribution in [0.25, 0.3) is 10.9 Å². The molecule has 1 N–H and O–H groups in total. The number of carbonyl (C=O) groups is 2. The number of hydrogen-bond donors (Lipinski definition) is 1. The van der Waals surface area contributed by atoms with Crippen LogP contribution in [-0.2, 0) is 23.2 Å². The van der Waals surface area contributed by atoms with Crippen molar-refractivity contribution in [2.24, 2.45) is 13.0 Å². The van der Waals surface area contributed by atoms with Gasteiger partial charge in [0.1, 0.15) is 0 Å². The highest BCUT2D eigenvalue weighted by molar-refractivity contribution is 6.35. The molecule has 1 atom stereocenters. The van der Waals surface area contributed by atoms with Gasteiger partial charge in [-0.15, -0.1) is 0 Å². The van der Waals surface area contributed by atoms with Crippen molar-refractivity contribution in [2.45, 2.75) is 39.3 Å². The number of benzene rings is 1. The van der Waals surface area contributed by atoms with Crippen LogP contribution < -0.4 is 5.32 Å². The van der Waals surface area contributed by atoms with Gasteiger partial charge in [-0.05, 0) is 32.9 Å². The number of hydrogen-bond acceptors (Lipinski definition) is 3. The Labute approximate surface area is 152 Å². The van der Waals surface area contributed by atoms with Crippen LogP contribution in [0, 0.1) is 5.92 Å². The molecule has 0 unspecified atom stereocenters. The van der Waals surface area contributed by atoms with E-state index in [9.17, 15) is 9.59 Å². The molecule has 1 aromatic heterocycles. The number of amides is 2. The number of likely N-dealkylation sites (tertiary alicyclic amines) is 1. The van der Waals surface area contributed by atoms with Gasteiger partial charge in [-0.2, -0.15) is 5.10 Å². The van der Waals surface area contributed by atoms with Gasteiger partial charge in [0, 0.05) is 30.9 Å². The van der Waals surface area contributed by atoms with Crippen LogP contribution in [0.4, 0.5) is 0 Å². The Balaban J connectivity index is 1.71. The molecule has 0 spiro atoms. The fourth-order valence-corrected chi connectivity index (χ4v) is 3.60. The maximum absolute atomic E-state index is 12.5. The summed E-state index contributed by atoms with van der Waals surface area (Å²) in [5, 5.41) is 8.84. The van der Waals surface area contributed by atoms with Crippen LogP contribution in [0.1, 0.15) is 32.9 Å². The SMILES string of the molecule is Cn1nc(CNC(=O)[C@H]2CC(=O)N(C(C)(C)C)C2)c2c(Cl)cccc21. The molecule has 1 fully saturated rings. The number of aromatic nitrogens is 2. The summed E-state index contributed by atoms with van der Waals surface area (Å²) in [6, 6.07) is 5.63. The van der Waals surface area contributed by atoms with Gasteiger partial charge in [-0.1, -0.05) is 17.7 Å². The normalized spacial score (nSPS) is 18.2. The minimum absolute atomic E-state index is 0.0268. The Bertz CT molecular complexity index is 837. The lowest BCUT2D eigenvalue weighted by molar-refractivity contribution is -0.132. The Kier molecular flexibility index (Phi) is 4.49. The molecular weight excluding hydrogens is 340 g/mol. The summed E-state index contributed by atoms with van der Waals surface area (Å²) in [6.07, 6.45) is 0.257. The van der Waals surface area contributed by atoms with Crippen LogP contribution in [0.5, 0.6) is 0 Å². The van der Waals surface area contributed by atoms with E-state index < -0.39 is 0 Å². The summed E-state index contributed by atoms with van der Waals surface area (Å²) in [5.41, 5.74) is 1.39. The number of fused-ring (bicyclic) bond motifs is 1. The summed E-state index contributed by atoms with van der Waals surface area (Å²) in [7, 11) is 1.85. The van der Waals surface area contributed by atoms with Gasteiger partial charge in [0.2, 0.25) is 11.8 Å². The van der Waals surface area contributed by atoms with E-state index in [1.165, 1.54) is 0 Å². The lowest BCUT2D eigenvalue weighted by Crippen LogP contribution is -2.43. The highest BCUT2D eigenvalue weighted by atomic mass is 35.5. The fourth-order valence-electron chi connectivity index (χ4n) is 3.32. The maximum atomic E-state index is 12.5. The molecule has 0 saturated carbocycles. The molecule has 25 heavy (non-hydrogen) atoms. The summed E-state index contributed by atoms with van der Waals surface area (Å²) < 4.78 is 1.75. The molecule has 2 heterocycles. The monoisotopic (exact) mass is 362 g/mol. The van der Waals surface area contributed by atoms with Gasteiger partial charge in [-0.25, -0.2) is 0 Å². The zero-order chi connectivity index (χ0) is 18.4. The molecule has 3 rings (SSSR count). The Morgan fingerprint density at radius 1 is 1.40 bits per heavy atom. The van der Waals surface area contributed by atoms with Gasteiger partial charge in [-0.3, -0.25) is 14.3 Å². The van der Waals surface area contributed by atoms with Crippen LogP contribution in [0.3, 0.4) is 0 Å². The highest BCUT2D eigenvalue weighted by Crippen LogP contribution is 2.28. The molecule has 1 aliphatic rings. The third kappa shape index (κ3) is 3.35. The fraction of sp³-hybridized carbons (Fsp3) is 0.500. The Morgan fingerprint density at radius 2 is 2.12 bits per heavy atom. The first-order chi connectivity index (χ1) is 11.7. The van der Waals surface area contributed by atoms with Crippen molar-refractivity contribution in [1.82, 2.24) is 20.0 Å². The summed E-state index contributed by atoms with van der Waals surface area (Å²) in [4.78, 5) is 26.4. The van der Waals surface area contributed by atoms with Crippen molar-refractivity contribution in [1.29, 1.82) is 0 Å². The van der Waals surface area contributed by atoms with Gasteiger partial charge in [0.05, 0.1) is 28.7 Å². The smallest absolute Gasteiger partial charge is 0.225 e. The molecule has 0 aliphatic carbocycles. The van der Waals surface area contributed by atoms with Crippen molar-refractivity contribution in [2.75, 3.05) is 6.54 Å². The van der Waals surface area contributed by atoms with E-state index in [0.29, 0.717) is 18.1 Å². The topological polar surface area (TPSA) is 67.2 Å². The van der Waals surface area contributed by atoms with Crippen molar-refractivity contribution < 1.29 is 9.59 Å². The first kappa shape index (κ1) is 17.7. The van der Waals surface area contributed by atoms with E-state index in [-0.39, 0.29) is 29.7 Å². The molecule has 134 valence electrons. The minimum Gasteiger partial charge on any atom is -0.350 e. The van der Waals surface area contributed by atoms with Gasteiger partial charge in [0.15, 0.2) is 0 Å². The van der Waals surface area contributed by atoms with Crippen molar-refractivity contribution >= 4 is 34.3 Å². The van der Waals surface area contributed by atoms with Gasteiger partial charge < -0.3 is 10.2 Å². The van der Waals surface area contributed by atoms with Crippen LogP contribution in [-0.4, -0.2) is 38.6 Å². The van der Waals surface area contributed by atoms with Crippen molar-refractivity contribution in [3.63, 3.8) is 0 Å². The lowest BCUT2D eigenvalue weighted by Gasteiger charge is -2.31. The molecule has 2 amide bonds. The van der Waals surface area contributed by atoms with E-state index in [1.807, 2.05) is 46.0 Å². The van der Waals surface area contributed by atoms with Gasteiger partial charge in [0.25, 0.3) is 0 Å². The van der Waals surface area contributed by atoms with E-state index in [0.717, 1.165) is 16.6 Å². The van der Waals surface area contributed by atoms with Crippen molar-refractivity contribution in [3.05, 3.63) is 28.9 Å². The standard InChI is InChI=1S/C18H23ClN4O2/c1-18(2,3)23-10-11(8-15(23)24)17(25)20-9-13-16-12(19)6-5-7-14(16)22(4)21-13/h5-7,11H,8-10H2,1-4H3,(H,20,25)/t11-/m0/s1. The Morgan fingerprint density at radius 3 is 2.76 bits per heavy atom. The molecule has 6 nitrogen and oxygen atoms in total. The first-order valence-corrected chi connectivity index (χ1v) is 8.74. The van der Waals surface area contributed by atoms with Crippen LogP contribution in [0.2, 0.25) is 5.02 Å². The third-order valence-corrected chi connectivity index (χ3v) is 4.95. The highest BCUT2D eigenvalue weighted by Gasteiger charge is 2.39. The minimum atomic E-state index is -0.322. The predicted octanol–water partition coefficient (Wildman–Crippen LogP) is 2.49. The number of carbonyl (C=O) groups excluding carboxylic acids is 2. The van der Waals surface area contributed by atoms with Crippen LogP contribution in [0.15, 0.2) is 18.2 Å². The second-order valence-electron chi connectivity index (χ2n) is 7.50. The largest absolute Gasteiger partial charge is 0.350 e. The molecule has 0 bridgehead atoms. The quantitative estimate of drug-likeness (QED) is 0.912. The third-order valence-electron chi connectivity index (χ3n) is 4.64. The van der Waals surface area contributed by atoms with E-state index >= 15 is 0 Å². The second kappa shape index (κ2) is 6.33. The zero-order valence-corrected chi connectivity index (χ0v) is 15.7. The molecule has 1 aromatic carbocycles. The first-order valence-electron chi connectivity index (χ1n) is 8.36. The van der Waals surface area contributed by atoms with Crippen molar-refractivity contribution in [3.8, 4) is 0 Å². The van der Waals surface area contributed by atoms with Gasteiger partial charge >= 0.3 is 0 Å². The predicted molar refractivity (Wildman–Crippen MR) is 97.1 cm³/mol. The molecule has 0 radical (unpaired) electrons. The summed E-state index contributed by atoms with van der Waals surface area (Å²) >= 11 is 6.29. The average Bonchev–Trinajstić information content (AvgIpc) is 3.07. The summed E-state index contributed by atoms with van der Waals surface area (Å²) in [6.45, 7) is 6.69. The zero-order valence-electron chi connectivity index (χ0n) is 15.0. The molecule has 7 heteroatoms. The number of halogens is 1. The molecule has 2 aromatic rings. The number of nitrogens with one attached hydrogen (secondary N) is 1. The van der Waals surface area contributed by atoms with E-state index in [2.05, 4.69) is 10.4 Å². The maximum Gasteiger partial charge on any atom is 0.225 e. The van der Waals surface area contributed by atoms with Crippen LogP contribution >= 0.6 is 11.6 Å². The van der Waals surface area contributed by atoms with E-state index in [4.69, 9.17) is 11.6 Å². The number of rotatable bonds is 3. The number of aryl methyl sites for hydroxylation is 1. The molecular formula is C18H23ClN4O2. The Hall–Kier alpha value is -2.08. The second-order valence-corrected chi connectivity index (χ2v) is 7.91. The molecule has 1 saturated heterocycles. The lowest BCUT2D eigenvalue weighted by atomic mass is 10.1. The number of nitrogens with zero attached hydrogens (tertiary/aromatic N) is 3. The summed E-state index contributed by atoms with van der Waals surface area (Å²) in [5.74, 6) is -0.415. The van der Waals surface area contributed by atoms with E-state index in [1.54, 1.807) is 9.58 Å². The molecule has 1 aliphatic heterocycles. The average molecular weight is 363 g/mol.